The summed E-state index contributed by atoms with van der Waals surface area (Å²) in [5.74, 6) is 0.702. The summed E-state index contributed by atoms with van der Waals surface area (Å²) in [7, 11) is 0. The van der Waals surface area contributed by atoms with E-state index in [2.05, 4.69) is 11.8 Å². The fraction of sp³-hybridized carbons (Fsp3) is 0.562. The van der Waals surface area contributed by atoms with Crippen LogP contribution in [0, 0.1) is 5.92 Å². The number of likely N-dealkylation sites (tertiary alicyclic amines) is 1. The largest absolute Gasteiger partial charge is 0.330 e. The molecule has 5 heteroatoms. The molecule has 0 aromatic heterocycles. The van der Waals surface area contributed by atoms with Crippen molar-refractivity contribution in [1.82, 2.24) is 4.90 Å². The Morgan fingerprint density at radius 2 is 2.05 bits per heavy atom. The Morgan fingerprint density at radius 3 is 2.57 bits per heavy atom. The van der Waals surface area contributed by atoms with E-state index < -0.39 is 0 Å². The molecule has 1 saturated heterocycles. The molecule has 2 unspecified atom stereocenters. The van der Waals surface area contributed by atoms with Gasteiger partial charge in [0.1, 0.15) is 0 Å². The van der Waals surface area contributed by atoms with Gasteiger partial charge in [-0.05, 0) is 44.9 Å². The smallest absolute Gasteiger partial charge is 0.241 e. The molecule has 1 amide bonds. The summed E-state index contributed by atoms with van der Waals surface area (Å²) in [5, 5.41) is 0. The molecule has 21 heavy (non-hydrogen) atoms. The molecule has 2 atom stereocenters. The van der Waals surface area contributed by atoms with Crippen LogP contribution in [0.4, 0.5) is 5.69 Å². The highest BCUT2D eigenvalue weighted by Crippen LogP contribution is 2.22. The third-order valence-corrected chi connectivity index (χ3v) is 4.15. The molecule has 0 bridgehead atoms. The van der Waals surface area contributed by atoms with Crippen LogP contribution in [0.15, 0.2) is 30.3 Å². The van der Waals surface area contributed by atoms with Gasteiger partial charge in [-0.25, -0.2) is 0 Å². The molecule has 1 aliphatic heterocycles. The molecular weight excluding hydrogens is 286 g/mol. The van der Waals surface area contributed by atoms with Gasteiger partial charge in [0.2, 0.25) is 5.91 Å². The zero-order valence-electron chi connectivity index (χ0n) is 12.9. The van der Waals surface area contributed by atoms with Crippen LogP contribution < -0.4 is 10.6 Å². The van der Waals surface area contributed by atoms with E-state index in [1.54, 1.807) is 0 Å². The van der Waals surface area contributed by atoms with Gasteiger partial charge in [-0.2, -0.15) is 0 Å². The van der Waals surface area contributed by atoms with Gasteiger partial charge in [-0.3, -0.25) is 9.69 Å². The van der Waals surface area contributed by atoms with Gasteiger partial charge in [-0.15, -0.1) is 12.4 Å². The Balaban J connectivity index is 0.00000220. The summed E-state index contributed by atoms with van der Waals surface area (Å²) in [5.41, 5.74) is 6.72. The second-order valence-corrected chi connectivity index (χ2v) is 5.59. The first-order chi connectivity index (χ1) is 9.65. The second-order valence-electron chi connectivity index (χ2n) is 5.59. The first kappa shape index (κ1) is 18.0. The maximum atomic E-state index is 12.5. The number of carbonyl (C=O) groups is 1. The Bertz CT molecular complexity index is 440. The SMILES string of the molecule is CCN(C(=O)CN1CC(CN)CC1C)c1ccccc1.Cl. The predicted octanol–water partition coefficient (Wildman–Crippen LogP) is 2.13. The van der Waals surface area contributed by atoms with Crippen LogP contribution in [-0.4, -0.2) is 43.0 Å². The van der Waals surface area contributed by atoms with Crippen molar-refractivity contribution < 1.29 is 4.79 Å². The lowest BCUT2D eigenvalue weighted by Crippen LogP contribution is -2.42. The molecule has 1 heterocycles. The van der Waals surface area contributed by atoms with Crippen molar-refractivity contribution in [3.63, 3.8) is 0 Å². The third-order valence-electron chi connectivity index (χ3n) is 4.15. The molecule has 0 spiro atoms. The number of nitrogens with two attached hydrogens (primary N) is 1. The number of carbonyl (C=O) groups excluding carboxylic acids is 1. The summed E-state index contributed by atoms with van der Waals surface area (Å²) in [6.07, 6.45) is 1.10. The minimum absolute atomic E-state index is 0. The maximum absolute atomic E-state index is 12.5. The summed E-state index contributed by atoms with van der Waals surface area (Å²) < 4.78 is 0. The minimum Gasteiger partial charge on any atom is -0.330 e. The van der Waals surface area contributed by atoms with Gasteiger partial charge in [0.05, 0.1) is 6.54 Å². The first-order valence-electron chi connectivity index (χ1n) is 7.45. The number of anilines is 1. The molecule has 0 radical (unpaired) electrons. The van der Waals surface area contributed by atoms with Crippen LogP contribution in [0.3, 0.4) is 0 Å². The quantitative estimate of drug-likeness (QED) is 0.906. The van der Waals surface area contributed by atoms with E-state index in [1.807, 2.05) is 42.2 Å². The summed E-state index contributed by atoms with van der Waals surface area (Å²) in [4.78, 5) is 16.6. The molecule has 4 nitrogen and oxygen atoms in total. The molecule has 1 aromatic rings. The number of hydrogen-bond acceptors (Lipinski definition) is 3. The number of halogens is 1. The van der Waals surface area contributed by atoms with E-state index in [1.165, 1.54) is 0 Å². The van der Waals surface area contributed by atoms with Crippen LogP contribution in [0.1, 0.15) is 20.3 Å². The number of nitrogens with zero attached hydrogens (tertiary/aromatic N) is 2. The topological polar surface area (TPSA) is 49.6 Å². The lowest BCUT2D eigenvalue weighted by Gasteiger charge is -2.26. The fourth-order valence-corrected chi connectivity index (χ4v) is 2.98. The predicted molar refractivity (Wildman–Crippen MR) is 89.9 cm³/mol. The third kappa shape index (κ3) is 4.43. The van der Waals surface area contributed by atoms with Gasteiger partial charge < -0.3 is 10.6 Å². The van der Waals surface area contributed by atoms with Crippen molar-refractivity contribution in [2.45, 2.75) is 26.3 Å². The Labute approximate surface area is 133 Å². The van der Waals surface area contributed by atoms with E-state index >= 15 is 0 Å². The Hall–Kier alpha value is -1.10. The highest BCUT2D eigenvalue weighted by molar-refractivity contribution is 5.94. The van der Waals surface area contributed by atoms with E-state index in [0.29, 0.717) is 31.6 Å². The van der Waals surface area contributed by atoms with Crippen LogP contribution in [0.25, 0.3) is 0 Å². The average molecular weight is 312 g/mol. The van der Waals surface area contributed by atoms with Crippen LogP contribution in [0.2, 0.25) is 0 Å². The molecule has 1 fully saturated rings. The molecule has 2 N–H and O–H groups in total. The van der Waals surface area contributed by atoms with Crippen molar-refractivity contribution in [3.05, 3.63) is 30.3 Å². The van der Waals surface area contributed by atoms with Gasteiger partial charge in [0.15, 0.2) is 0 Å². The lowest BCUT2D eigenvalue weighted by atomic mass is 10.1. The maximum Gasteiger partial charge on any atom is 0.241 e. The van der Waals surface area contributed by atoms with E-state index in [0.717, 1.165) is 18.7 Å². The van der Waals surface area contributed by atoms with Crippen molar-refractivity contribution in [2.24, 2.45) is 11.7 Å². The van der Waals surface area contributed by atoms with E-state index in [-0.39, 0.29) is 18.3 Å². The molecule has 0 aliphatic carbocycles. The van der Waals surface area contributed by atoms with Gasteiger partial charge in [0.25, 0.3) is 0 Å². The number of rotatable bonds is 5. The number of benzene rings is 1. The fourth-order valence-electron chi connectivity index (χ4n) is 2.98. The Kier molecular flexibility index (Phi) is 7.15. The molecule has 1 aromatic carbocycles. The lowest BCUT2D eigenvalue weighted by molar-refractivity contribution is -0.119. The highest BCUT2D eigenvalue weighted by atomic mass is 35.5. The van der Waals surface area contributed by atoms with Gasteiger partial charge in [-0.1, -0.05) is 18.2 Å². The summed E-state index contributed by atoms with van der Waals surface area (Å²) in [6, 6.07) is 10.3. The highest BCUT2D eigenvalue weighted by Gasteiger charge is 2.30. The normalized spacial score (nSPS) is 21.9. The van der Waals surface area contributed by atoms with Gasteiger partial charge in [0, 0.05) is 24.8 Å². The molecule has 118 valence electrons. The second kappa shape index (κ2) is 8.37. The summed E-state index contributed by atoms with van der Waals surface area (Å²) in [6.45, 7) is 7.04. The minimum atomic E-state index is 0. The summed E-state index contributed by atoms with van der Waals surface area (Å²) >= 11 is 0. The first-order valence-corrected chi connectivity index (χ1v) is 7.45. The zero-order chi connectivity index (χ0) is 14.5. The van der Waals surface area contributed by atoms with Crippen molar-refractivity contribution in [3.8, 4) is 0 Å². The number of hydrogen-bond donors (Lipinski definition) is 1. The van der Waals surface area contributed by atoms with E-state index in [9.17, 15) is 4.79 Å². The molecule has 1 aliphatic rings. The van der Waals surface area contributed by atoms with Gasteiger partial charge >= 0.3 is 0 Å². The van der Waals surface area contributed by atoms with Crippen LogP contribution >= 0.6 is 12.4 Å². The van der Waals surface area contributed by atoms with E-state index in [4.69, 9.17) is 5.73 Å². The average Bonchev–Trinajstić information content (AvgIpc) is 2.81. The van der Waals surface area contributed by atoms with Crippen molar-refractivity contribution >= 4 is 24.0 Å². The molecular formula is C16H26ClN3O. The van der Waals surface area contributed by atoms with Crippen LogP contribution in [-0.2, 0) is 4.79 Å². The standard InChI is InChI=1S/C16H25N3O.ClH/c1-3-19(15-7-5-4-6-8-15)16(20)12-18-11-14(10-17)9-13(18)2;/h4-8,13-14H,3,9-12,17H2,1-2H3;1H. The van der Waals surface area contributed by atoms with Crippen molar-refractivity contribution in [1.29, 1.82) is 0 Å². The number of likely N-dealkylation sites (N-methyl/N-ethyl adjacent to an activating group) is 1. The number of para-hydroxylation sites is 1. The monoisotopic (exact) mass is 311 g/mol. The zero-order valence-corrected chi connectivity index (χ0v) is 13.7. The molecule has 0 saturated carbocycles. The number of amides is 1. The van der Waals surface area contributed by atoms with Crippen molar-refractivity contribution in [2.75, 3.05) is 31.1 Å². The van der Waals surface area contributed by atoms with Crippen LogP contribution in [0.5, 0.6) is 0 Å². The Morgan fingerprint density at radius 1 is 1.38 bits per heavy atom. The molecule has 2 rings (SSSR count).